The van der Waals surface area contributed by atoms with E-state index in [-0.39, 0.29) is 0 Å². The van der Waals surface area contributed by atoms with E-state index in [9.17, 15) is 0 Å². The van der Waals surface area contributed by atoms with E-state index in [0.29, 0.717) is 0 Å². The summed E-state index contributed by atoms with van der Waals surface area (Å²) in [4.78, 5) is 0. The summed E-state index contributed by atoms with van der Waals surface area (Å²) >= 11 is 0. The van der Waals surface area contributed by atoms with E-state index in [1.165, 1.54) is 0 Å². The van der Waals surface area contributed by atoms with Gasteiger partial charge < -0.3 is 20.6 Å². The zero-order chi connectivity index (χ0) is 19.2. The van der Waals surface area contributed by atoms with Gasteiger partial charge in [-0.15, -0.1) is 0 Å². The molecule has 0 aliphatic carbocycles. The van der Waals surface area contributed by atoms with Crippen molar-refractivity contribution in [3.05, 3.63) is 0 Å². The first kappa shape index (κ1) is 23.1. The second-order valence-electron chi connectivity index (χ2n) is 10.3. The van der Waals surface area contributed by atoms with Crippen LogP contribution in [-0.4, -0.2) is 50.9 Å². The second kappa shape index (κ2) is 6.92. The summed E-state index contributed by atoms with van der Waals surface area (Å²) < 4.78 is 32.5. The number of hydrogen-bond acceptors (Lipinski definition) is 5. The molecule has 144 valence electrons. The lowest BCUT2D eigenvalue weighted by Gasteiger charge is -2.51. The van der Waals surface area contributed by atoms with Gasteiger partial charge >= 0.3 is 26.2 Å². The molecule has 1 saturated heterocycles. The Labute approximate surface area is 155 Å². The maximum Gasteiger partial charge on any atom is 0.470 e. The van der Waals surface area contributed by atoms with Crippen molar-refractivity contribution in [3.8, 4) is 0 Å². The fraction of sp³-hybridized carbons (Fsp3) is 1.00. The van der Waals surface area contributed by atoms with Crippen LogP contribution >= 0.6 is 0 Å². The Bertz CT molecular complexity index is 381. The van der Waals surface area contributed by atoms with Crippen molar-refractivity contribution in [2.24, 2.45) is 0 Å². The van der Waals surface area contributed by atoms with E-state index in [1.807, 2.05) is 13.1 Å². The summed E-state index contributed by atoms with van der Waals surface area (Å²) in [5.41, 5.74) is 1.04. The topological polar surface area (TPSA) is 46.2 Å². The molecule has 5 nitrogen and oxygen atoms in total. The van der Waals surface area contributed by atoms with Crippen LogP contribution in [0.15, 0.2) is 0 Å². The second-order valence-corrected chi connectivity index (χ2v) is 35.1. The molecule has 11 heteroatoms. The smallest absolute Gasteiger partial charge is 0.417 e. The molecule has 0 amide bonds. The Balaban J connectivity index is 3.20. The van der Waals surface area contributed by atoms with E-state index in [1.54, 1.807) is 0 Å². The van der Waals surface area contributed by atoms with Crippen molar-refractivity contribution < 1.29 is 20.6 Å². The highest BCUT2D eigenvalue weighted by Gasteiger charge is 2.62. The molecule has 1 fully saturated rings. The molecule has 1 aliphatic rings. The Kier molecular flexibility index (Phi) is 6.68. The van der Waals surface area contributed by atoms with Gasteiger partial charge in [-0.3, -0.25) is 0 Å². The first-order valence-electron chi connectivity index (χ1n) is 8.75. The summed E-state index contributed by atoms with van der Waals surface area (Å²) in [5.74, 6) is 0. The lowest BCUT2D eigenvalue weighted by atomic mass is 11.7. The molecule has 0 aromatic heterocycles. The fourth-order valence-corrected chi connectivity index (χ4v) is 34.7. The van der Waals surface area contributed by atoms with Crippen LogP contribution in [0.1, 0.15) is 0 Å². The van der Waals surface area contributed by atoms with Gasteiger partial charge in [-0.2, -0.15) is 0 Å². The minimum absolute atomic E-state index is 1.04. The van der Waals surface area contributed by atoms with E-state index < -0.39 is 50.9 Å². The first-order chi connectivity index (χ1) is 10.2. The van der Waals surface area contributed by atoms with Crippen molar-refractivity contribution in [2.75, 3.05) is 0 Å². The maximum atomic E-state index is 6.57. The Morgan fingerprint density at radius 2 is 0.958 bits per heavy atom. The van der Waals surface area contributed by atoms with Gasteiger partial charge in [0.1, 0.15) is 0 Å². The predicted octanol–water partition coefficient (Wildman–Crippen LogP) is 4.84. The van der Waals surface area contributed by atoms with Gasteiger partial charge in [-0.25, -0.2) is 0 Å². The summed E-state index contributed by atoms with van der Waals surface area (Å²) in [6, 6.07) is 0. The van der Waals surface area contributed by atoms with Crippen LogP contribution < -0.4 is 0 Å². The molecule has 2 atom stereocenters. The minimum Gasteiger partial charge on any atom is -0.417 e. The molecule has 0 bridgehead atoms. The van der Waals surface area contributed by atoms with Crippen LogP contribution in [0.4, 0.5) is 0 Å². The normalized spacial score (nSPS) is 36.0. The predicted molar refractivity (Wildman–Crippen MR) is 115 cm³/mol. The van der Waals surface area contributed by atoms with Crippen LogP contribution in [0.25, 0.3) is 0 Å². The molecule has 24 heavy (non-hydrogen) atoms. The van der Waals surface area contributed by atoms with Crippen molar-refractivity contribution in [2.45, 2.75) is 84.2 Å². The Hall–Kier alpha value is 1.10. The van der Waals surface area contributed by atoms with Crippen molar-refractivity contribution in [1.82, 2.24) is 0 Å². The molecular formula is C13H38O5Si6. The number of hydrogen-bond donors (Lipinski definition) is 0. The van der Waals surface area contributed by atoms with Crippen LogP contribution in [0.5, 0.6) is 0 Å². The Morgan fingerprint density at radius 1 is 0.625 bits per heavy atom. The van der Waals surface area contributed by atoms with Gasteiger partial charge in [0.05, 0.1) is 0 Å². The molecule has 0 aromatic rings. The highest BCUT2D eigenvalue weighted by molar-refractivity contribution is 6.99. The zero-order valence-corrected chi connectivity index (χ0v) is 23.7. The lowest BCUT2D eigenvalue weighted by Crippen LogP contribution is -2.73. The summed E-state index contributed by atoms with van der Waals surface area (Å²) in [7, 11) is -12.8. The summed E-state index contributed by atoms with van der Waals surface area (Å²) in [5, 5.41) is 0. The van der Waals surface area contributed by atoms with Crippen molar-refractivity contribution >= 4 is 50.9 Å². The molecule has 2 unspecified atom stereocenters. The molecule has 0 radical (unpaired) electrons. The van der Waals surface area contributed by atoms with Gasteiger partial charge in [0, 0.05) is 21.2 Å². The molecular weight excluding hydrogens is 405 g/mol. The van der Waals surface area contributed by atoms with E-state index in [2.05, 4.69) is 65.5 Å². The third-order valence-electron chi connectivity index (χ3n) is 3.01. The van der Waals surface area contributed by atoms with E-state index >= 15 is 0 Å². The van der Waals surface area contributed by atoms with Crippen molar-refractivity contribution in [1.29, 1.82) is 0 Å². The van der Waals surface area contributed by atoms with Gasteiger partial charge in [-0.05, 0) is 51.5 Å². The standard InChI is InChI=1S/C13H38O5Si6/c1-19(2,3)13-22(10)16-23(11,14-20(4,5)6)18-24(12,17-22)15-21(7,8)9/h13H2,1-12H3. The van der Waals surface area contributed by atoms with E-state index in [4.69, 9.17) is 20.6 Å². The molecule has 1 rings (SSSR count). The first-order valence-corrected chi connectivity index (χ1v) is 26.2. The van der Waals surface area contributed by atoms with Crippen LogP contribution in [0, 0.1) is 0 Å². The SMILES string of the molecule is C[Si](C)(C)C[Si]1(C)O[Si](C)(O[Si](C)(C)C)O[Si](C)(O[Si](C)(C)C)O1. The largest absolute Gasteiger partial charge is 0.470 e. The van der Waals surface area contributed by atoms with Crippen LogP contribution in [0.3, 0.4) is 0 Å². The van der Waals surface area contributed by atoms with E-state index in [0.717, 1.165) is 5.67 Å². The highest BCUT2D eigenvalue weighted by Crippen LogP contribution is 2.38. The fourth-order valence-electron chi connectivity index (χ4n) is 3.41. The van der Waals surface area contributed by atoms with Crippen molar-refractivity contribution in [3.63, 3.8) is 0 Å². The molecule has 0 aromatic carbocycles. The molecule has 0 saturated carbocycles. The molecule has 1 heterocycles. The minimum atomic E-state index is -2.76. The van der Waals surface area contributed by atoms with Crippen LogP contribution in [-0.2, 0) is 20.6 Å². The maximum absolute atomic E-state index is 6.57. The summed E-state index contributed by atoms with van der Waals surface area (Å²) in [6.07, 6.45) is 0. The third-order valence-corrected chi connectivity index (χ3v) is 27.1. The lowest BCUT2D eigenvalue weighted by molar-refractivity contribution is 0.124. The monoisotopic (exact) mass is 442 g/mol. The van der Waals surface area contributed by atoms with Gasteiger partial charge in [0.25, 0.3) is 0 Å². The molecule has 0 N–H and O–H groups in total. The zero-order valence-electron chi connectivity index (χ0n) is 17.7. The van der Waals surface area contributed by atoms with Gasteiger partial charge in [0.15, 0.2) is 16.6 Å². The molecule has 1 aliphatic heterocycles. The quantitative estimate of drug-likeness (QED) is 0.551. The van der Waals surface area contributed by atoms with Gasteiger partial charge in [0.2, 0.25) is 0 Å². The average Bonchev–Trinajstić information content (AvgIpc) is 1.98. The molecule has 0 spiro atoms. The van der Waals surface area contributed by atoms with Crippen LogP contribution in [0.2, 0.25) is 84.2 Å². The summed E-state index contributed by atoms with van der Waals surface area (Å²) in [6.45, 7) is 26.5. The average molecular weight is 443 g/mol. The highest BCUT2D eigenvalue weighted by atomic mass is 28.6. The third kappa shape index (κ3) is 8.20. The van der Waals surface area contributed by atoms with Gasteiger partial charge in [-0.1, -0.05) is 19.6 Å². The Morgan fingerprint density at radius 3 is 1.21 bits per heavy atom. The number of rotatable bonds is 6.